The van der Waals surface area contributed by atoms with E-state index < -0.39 is 11.2 Å². The first-order chi connectivity index (χ1) is 10.1. The molecule has 0 bridgehead atoms. The third-order valence-electron chi connectivity index (χ3n) is 3.13. The van der Waals surface area contributed by atoms with E-state index in [9.17, 15) is 9.90 Å². The number of methoxy groups -OCH3 is 1. The molecule has 2 aromatic carbocycles. The fraction of sp³-hybridized carbons (Fsp3) is 0.235. The van der Waals surface area contributed by atoms with E-state index in [4.69, 9.17) is 4.74 Å². The molecular formula is C17H18O3S. The van der Waals surface area contributed by atoms with Crippen molar-refractivity contribution in [1.29, 1.82) is 0 Å². The lowest BCUT2D eigenvalue weighted by molar-refractivity contribution is -0.136. The normalized spacial score (nSPS) is 11.9. The van der Waals surface area contributed by atoms with E-state index in [1.54, 1.807) is 7.11 Å². The first-order valence-corrected chi connectivity index (χ1v) is 7.55. The summed E-state index contributed by atoms with van der Waals surface area (Å²) in [6, 6.07) is 15.4. The zero-order chi connectivity index (χ0) is 15.2. The fourth-order valence-electron chi connectivity index (χ4n) is 1.97. The molecule has 0 saturated carbocycles. The highest BCUT2D eigenvalue weighted by atomic mass is 32.2. The Morgan fingerprint density at radius 2 is 1.95 bits per heavy atom. The molecule has 2 rings (SSSR count). The van der Waals surface area contributed by atoms with Crippen LogP contribution in [0.25, 0.3) is 0 Å². The molecule has 0 aliphatic heterocycles. The molecule has 0 saturated heterocycles. The second-order valence-corrected chi connectivity index (χ2v) is 6.09. The van der Waals surface area contributed by atoms with Gasteiger partial charge in [-0.1, -0.05) is 29.8 Å². The van der Waals surface area contributed by atoms with Crippen molar-refractivity contribution in [3.8, 4) is 5.75 Å². The van der Waals surface area contributed by atoms with Crippen molar-refractivity contribution in [2.24, 2.45) is 0 Å². The number of aryl methyl sites for hydroxylation is 1. The molecule has 0 aromatic heterocycles. The number of hydrogen-bond donors (Lipinski definition) is 1. The fourth-order valence-corrected chi connectivity index (χ4v) is 2.97. The van der Waals surface area contributed by atoms with E-state index in [1.165, 1.54) is 17.3 Å². The molecule has 0 amide bonds. The van der Waals surface area contributed by atoms with Crippen LogP contribution >= 0.6 is 11.8 Å². The maximum atomic E-state index is 11.5. The minimum Gasteiger partial charge on any atom is -0.497 e. The van der Waals surface area contributed by atoms with E-state index in [0.717, 1.165) is 16.2 Å². The van der Waals surface area contributed by atoms with Gasteiger partial charge in [-0.15, -0.1) is 11.8 Å². The summed E-state index contributed by atoms with van der Waals surface area (Å²) in [4.78, 5) is 12.4. The topological polar surface area (TPSA) is 46.5 Å². The Balaban J connectivity index is 2.11. The van der Waals surface area contributed by atoms with Crippen LogP contribution in [0.5, 0.6) is 5.75 Å². The Morgan fingerprint density at radius 1 is 1.24 bits per heavy atom. The Bertz CT molecular complexity index is 608. The summed E-state index contributed by atoms with van der Waals surface area (Å²) in [6.45, 7) is 2.01. The maximum absolute atomic E-state index is 11.5. The Kier molecular flexibility index (Phi) is 5.28. The quantitative estimate of drug-likeness (QED) is 0.825. The minimum atomic E-state index is -0.802. The van der Waals surface area contributed by atoms with Gasteiger partial charge in [-0.25, -0.2) is 0 Å². The van der Waals surface area contributed by atoms with E-state index in [0.29, 0.717) is 6.42 Å². The Morgan fingerprint density at radius 3 is 2.57 bits per heavy atom. The van der Waals surface area contributed by atoms with Crippen molar-refractivity contribution in [2.45, 2.75) is 23.5 Å². The molecule has 0 radical (unpaired) electrons. The first kappa shape index (κ1) is 15.4. The zero-order valence-corrected chi connectivity index (χ0v) is 12.9. The Labute approximate surface area is 129 Å². The van der Waals surface area contributed by atoms with Crippen LogP contribution in [0, 0.1) is 6.92 Å². The van der Waals surface area contributed by atoms with Crippen LogP contribution in [0.4, 0.5) is 0 Å². The van der Waals surface area contributed by atoms with Gasteiger partial charge in [0, 0.05) is 4.90 Å². The number of thioether (sulfide) groups is 1. The van der Waals surface area contributed by atoms with Gasteiger partial charge in [-0.2, -0.15) is 0 Å². The lowest BCUT2D eigenvalue weighted by Crippen LogP contribution is -2.19. The van der Waals surface area contributed by atoms with E-state index >= 15 is 0 Å². The van der Waals surface area contributed by atoms with Crippen molar-refractivity contribution in [1.82, 2.24) is 0 Å². The van der Waals surface area contributed by atoms with Crippen molar-refractivity contribution in [3.05, 3.63) is 59.7 Å². The smallest absolute Gasteiger partial charge is 0.317 e. The number of aliphatic carboxylic acids is 1. The monoisotopic (exact) mass is 302 g/mol. The molecule has 0 aliphatic carbocycles. The summed E-state index contributed by atoms with van der Waals surface area (Å²) in [6.07, 6.45) is 0.463. The van der Waals surface area contributed by atoms with Gasteiger partial charge in [0.2, 0.25) is 0 Å². The predicted molar refractivity (Wildman–Crippen MR) is 85.2 cm³/mol. The number of benzene rings is 2. The summed E-state index contributed by atoms with van der Waals surface area (Å²) in [7, 11) is 1.61. The minimum absolute atomic E-state index is 0.463. The molecule has 1 atom stereocenters. The summed E-state index contributed by atoms with van der Waals surface area (Å²) in [5.41, 5.74) is 2.13. The second-order valence-electron chi connectivity index (χ2n) is 4.81. The number of carbonyl (C=O) groups is 1. The van der Waals surface area contributed by atoms with Gasteiger partial charge >= 0.3 is 5.97 Å². The van der Waals surface area contributed by atoms with E-state index in [-0.39, 0.29) is 0 Å². The number of carboxylic acid groups (broad SMARTS) is 1. The van der Waals surface area contributed by atoms with Crippen molar-refractivity contribution in [2.75, 3.05) is 7.11 Å². The summed E-state index contributed by atoms with van der Waals surface area (Å²) in [5, 5.41) is 8.91. The molecule has 3 nitrogen and oxygen atoms in total. The van der Waals surface area contributed by atoms with Crippen LogP contribution in [-0.4, -0.2) is 23.4 Å². The molecule has 110 valence electrons. The highest BCUT2D eigenvalue weighted by molar-refractivity contribution is 8.00. The first-order valence-electron chi connectivity index (χ1n) is 6.67. The lowest BCUT2D eigenvalue weighted by Gasteiger charge is -2.13. The van der Waals surface area contributed by atoms with Crippen LogP contribution in [0.2, 0.25) is 0 Å². The molecule has 1 N–H and O–H groups in total. The SMILES string of the molecule is COc1cccc(CC(Sc2ccc(C)cc2)C(=O)O)c1. The van der Waals surface area contributed by atoms with Crippen LogP contribution < -0.4 is 4.74 Å². The molecule has 2 aromatic rings. The number of hydrogen-bond acceptors (Lipinski definition) is 3. The van der Waals surface area contributed by atoms with Crippen LogP contribution in [-0.2, 0) is 11.2 Å². The largest absolute Gasteiger partial charge is 0.497 e. The van der Waals surface area contributed by atoms with E-state index in [2.05, 4.69) is 0 Å². The number of rotatable bonds is 6. The summed E-state index contributed by atoms with van der Waals surface area (Å²) >= 11 is 1.37. The van der Waals surface area contributed by atoms with Gasteiger partial charge in [0.1, 0.15) is 11.0 Å². The molecule has 21 heavy (non-hydrogen) atoms. The summed E-state index contributed by atoms with van der Waals surface area (Å²) < 4.78 is 5.17. The van der Waals surface area contributed by atoms with Gasteiger partial charge in [0.05, 0.1) is 7.11 Å². The average Bonchev–Trinajstić information content (AvgIpc) is 2.49. The number of carboxylic acids is 1. The van der Waals surface area contributed by atoms with Crippen molar-refractivity contribution < 1.29 is 14.6 Å². The summed E-state index contributed by atoms with van der Waals surface area (Å²) in [5.74, 6) is -0.0552. The highest BCUT2D eigenvalue weighted by Crippen LogP contribution is 2.27. The molecule has 1 unspecified atom stereocenters. The molecule has 0 spiro atoms. The van der Waals surface area contributed by atoms with Crippen molar-refractivity contribution >= 4 is 17.7 Å². The highest BCUT2D eigenvalue weighted by Gasteiger charge is 2.19. The molecule has 0 heterocycles. The van der Waals surface area contributed by atoms with Gasteiger partial charge in [-0.05, 0) is 43.2 Å². The predicted octanol–water partition coefficient (Wildman–Crippen LogP) is 3.79. The molecular weight excluding hydrogens is 284 g/mol. The second kappa shape index (κ2) is 7.18. The van der Waals surface area contributed by atoms with Crippen LogP contribution in [0.15, 0.2) is 53.4 Å². The third kappa shape index (κ3) is 4.53. The number of ether oxygens (including phenoxy) is 1. The van der Waals surface area contributed by atoms with Crippen LogP contribution in [0.3, 0.4) is 0 Å². The third-order valence-corrected chi connectivity index (χ3v) is 4.33. The van der Waals surface area contributed by atoms with Crippen molar-refractivity contribution in [3.63, 3.8) is 0 Å². The van der Waals surface area contributed by atoms with Gasteiger partial charge in [-0.3, -0.25) is 4.79 Å². The lowest BCUT2D eigenvalue weighted by atomic mass is 10.1. The molecule has 0 aliphatic rings. The maximum Gasteiger partial charge on any atom is 0.317 e. The van der Waals surface area contributed by atoms with Crippen LogP contribution in [0.1, 0.15) is 11.1 Å². The standard InChI is InChI=1S/C17H18O3S/c1-12-6-8-15(9-7-12)21-16(17(18)19)11-13-4-3-5-14(10-13)20-2/h3-10,16H,11H2,1-2H3,(H,18,19). The molecule has 4 heteroatoms. The zero-order valence-electron chi connectivity index (χ0n) is 12.1. The van der Waals surface area contributed by atoms with Gasteiger partial charge in [0.15, 0.2) is 0 Å². The van der Waals surface area contributed by atoms with Gasteiger partial charge in [0.25, 0.3) is 0 Å². The average molecular weight is 302 g/mol. The van der Waals surface area contributed by atoms with E-state index in [1.807, 2.05) is 55.5 Å². The Hall–Kier alpha value is -1.94. The van der Waals surface area contributed by atoms with Gasteiger partial charge < -0.3 is 9.84 Å². The molecule has 0 fully saturated rings.